The standard InChI is InChI=1S/C33H20N6O/c40-32-25-20-28-24(19-27(25)38-18-10-9-17-29(38)34-32)23-15-7-8-16-26(23)39(28)33-36-30(21-11-3-1-4-12-21)35-31(37-33)22-13-5-2-6-14-22/h1-20H. The summed E-state index contributed by atoms with van der Waals surface area (Å²) < 4.78 is 3.97. The Labute approximate surface area is 227 Å². The molecule has 0 saturated carbocycles. The van der Waals surface area contributed by atoms with Gasteiger partial charge in [0, 0.05) is 28.1 Å². The summed E-state index contributed by atoms with van der Waals surface area (Å²) in [6, 6.07) is 37.6. The molecule has 7 heteroatoms. The normalized spacial score (nSPS) is 11.6. The minimum absolute atomic E-state index is 0.273. The smallest absolute Gasteiger partial charge is 0.281 e. The fourth-order valence-electron chi connectivity index (χ4n) is 5.38. The highest BCUT2D eigenvalue weighted by Crippen LogP contribution is 2.34. The predicted octanol–water partition coefficient (Wildman–Crippen LogP) is 6.46. The zero-order valence-electron chi connectivity index (χ0n) is 21.1. The number of hydrogen-bond acceptors (Lipinski definition) is 5. The molecule has 0 atom stereocenters. The molecule has 0 fully saturated rings. The maximum atomic E-state index is 13.2. The van der Waals surface area contributed by atoms with Crippen molar-refractivity contribution in [2.45, 2.75) is 0 Å². The number of hydrogen-bond donors (Lipinski definition) is 0. The third kappa shape index (κ3) is 3.41. The minimum atomic E-state index is -0.273. The van der Waals surface area contributed by atoms with Crippen LogP contribution in [-0.4, -0.2) is 28.9 Å². The molecule has 7 nitrogen and oxygen atoms in total. The van der Waals surface area contributed by atoms with Crippen molar-refractivity contribution in [1.29, 1.82) is 0 Å². The summed E-state index contributed by atoms with van der Waals surface area (Å²) in [5.74, 6) is 1.62. The van der Waals surface area contributed by atoms with Crippen LogP contribution in [0.3, 0.4) is 0 Å². The number of pyridine rings is 1. The van der Waals surface area contributed by atoms with Crippen molar-refractivity contribution in [2.75, 3.05) is 0 Å². The molecule has 8 aromatic rings. The van der Waals surface area contributed by atoms with E-state index < -0.39 is 0 Å². The summed E-state index contributed by atoms with van der Waals surface area (Å²) in [5.41, 5.74) is 4.69. The highest BCUT2D eigenvalue weighted by atomic mass is 16.1. The minimum Gasteiger partial charge on any atom is -0.301 e. The monoisotopic (exact) mass is 516 g/mol. The summed E-state index contributed by atoms with van der Waals surface area (Å²) in [5, 5.41) is 2.56. The average Bonchev–Trinajstić information content (AvgIpc) is 3.34. The van der Waals surface area contributed by atoms with Gasteiger partial charge < -0.3 is 4.40 Å². The largest absolute Gasteiger partial charge is 0.301 e. The number of nitrogens with zero attached hydrogens (tertiary/aromatic N) is 6. The topological polar surface area (TPSA) is 78.0 Å². The lowest BCUT2D eigenvalue weighted by molar-refractivity contribution is 0.953. The average molecular weight is 517 g/mol. The van der Waals surface area contributed by atoms with Gasteiger partial charge in [-0.05, 0) is 30.3 Å². The van der Waals surface area contributed by atoms with E-state index in [9.17, 15) is 4.79 Å². The Bertz CT molecular complexity index is 2230. The molecule has 0 saturated heterocycles. The van der Waals surface area contributed by atoms with Gasteiger partial charge >= 0.3 is 0 Å². The van der Waals surface area contributed by atoms with E-state index in [1.807, 2.05) is 112 Å². The van der Waals surface area contributed by atoms with E-state index in [0.717, 1.165) is 38.4 Å². The highest BCUT2D eigenvalue weighted by molar-refractivity contribution is 6.13. The Hall–Kier alpha value is -5.69. The third-order valence-corrected chi connectivity index (χ3v) is 7.22. The van der Waals surface area contributed by atoms with Gasteiger partial charge in [0.15, 0.2) is 11.6 Å². The molecule has 0 N–H and O–H groups in total. The van der Waals surface area contributed by atoms with E-state index in [1.165, 1.54) is 0 Å². The Morgan fingerprint density at radius 3 is 1.85 bits per heavy atom. The number of fused-ring (bicyclic) bond motifs is 6. The number of benzene rings is 4. The summed E-state index contributed by atoms with van der Waals surface area (Å²) in [6.07, 6.45) is 1.93. The fraction of sp³-hybridized carbons (Fsp3) is 0. The lowest BCUT2D eigenvalue weighted by atomic mass is 10.1. The molecule has 0 unspecified atom stereocenters. The van der Waals surface area contributed by atoms with Gasteiger partial charge in [0.1, 0.15) is 5.65 Å². The second kappa shape index (κ2) is 8.68. The van der Waals surface area contributed by atoms with Crippen LogP contribution in [-0.2, 0) is 0 Å². The van der Waals surface area contributed by atoms with Crippen LogP contribution in [0, 0.1) is 0 Å². The molecule has 0 spiro atoms. The Balaban J connectivity index is 1.50. The molecule has 188 valence electrons. The molecular formula is C33H20N6O. The molecule has 40 heavy (non-hydrogen) atoms. The molecular weight excluding hydrogens is 496 g/mol. The van der Waals surface area contributed by atoms with Crippen molar-refractivity contribution >= 4 is 38.4 Å². The maximum absolute atomic E-state index is 13.2. The lowest BCUT2D eigenvalue weighted by Gasteiger charge is -2.11. The van der Waals surface area contributed by atoms with Gasteiger partial charge in [0.2, 0.25) is 5.95 Å². The summed E-state index contributed by atoms with van der Waals surface area (Å²) in [6.45, 7) is 0. The molecule has 0 aliphatic rings. The first-order valence-corrected chi connectivity index (χ1v) is 13.0. The zero-order chi connectivity index (χ0) is 26.6. The van der Waals surface area contributed by atoms with Gasteiger partial charge in [0.25, 0.3) is 5.56 Å². The van der Waals surface area contributed by atoms with Crippen molar-refractivity contribution in [3.05, 3.63) is 132 Å². The Morgan fingerprint density at radius 2 is 1.12 bits per heavy atom. The lowest BCUT2D eigenvalue weighted by Crippen LogP contribution is -2.11. The molecule has 0 bridgehead atoms. The van der Waals surface area contributed by atoms with Crippen LogP contribution >= 0.6 is 0 Å². The molecule has 4 aromatic carbocycles. The molecule has 0 aliphatic carbocycles. The van der Waals surface area contributed by atoms with Crippen molar-refractivity contribution in [2.24, 2.45) is 0 Å². The van der Waals surface area contributed by atoms with Crippen LogP contribution in [0.4, 0.5) is 0 Å². The number of para-hydroxylation sites is 1. The van der Waals surface area contributed by atoms with Gasteiger partial charge in [-0.25, -0.2) is 4.98 Å². The highest BCUT2D eigenvalue weighted by Gasteiger charge is 2.19. The van der Waals surface area contributed by atoms with E-state index in [2.05, 4.69) is 23.2 Å². The number of rotatable bonds is 3. The van der Waals surface area contributed by atoms with Crippen molar-refractivity contribution in [3.63, 3.8) is 0 Å². The molecule has 4 heterocycles. The quantitative estimate of drug-likeness (QED) is 0.252. The molecule has 0 radical (unpaired) electrons. The number of aromatic nitrogens is 6. The van der Waals surface area contributed by atoms with Crippen LogP contribution in [0.2, 0.25) is 0 Å². The fourth-order valence-corrected chi connectivity index (χ4v) is 5.38. The van der Waals surface area contributed by atoms with Gasteiger partial charge in [-0.2, -0.15) is 15.0 Å². The van der Waals surface area contributed by atoms with Gasteiger partial charge in [0.05, 0.1) is 21.9 Å². The molecule has 0 amide bonds. The molecule has 0 aliphatic heterocycles. The first kappa shape index (κ1) is 22.3. The van der Waals surface area contributed by atoms with Crippen LogP contribution in [0.25, 0.3) is 67.1 Å². The summed E-state index contributed by atoms with van der Waals surface area (Å²) in [4.78, 5) is 32.3. The molecule has 4 aromatic heterocycles. The van der Waals surface area contributed by atoms with E-state index in [1.54, 1.807) is 0 Å². The second-order valence-corrected chi connectivity index (χ2v) is 9.60. The first-order valence-electron chi connectivity index (χ1n) is 13.0. The Kier molecular flexibility index (Phi) is 4.84. The van der Waals surface area contributed by atoms with E-state index in [4.69, 9.17) is 15.0 Å². The van der Waals surface area contributed by atoms with E-state index in [0.29, 0.717) is 28.6 Å². The summed E-state index contributed by atoms with van der Waals surface area (Å²) >= 11 is 0. The van der Waals surface area contributed by atoms with Gasteiger partial charge in [-0.15, -0.1) is 0 Å². The van der Waals surface area contributed by atoms with Crippen LogP contribution < -0.4 is 5.56 Å². The third-order valence-electron chi connectivity index (χ3n) is 7.22. The van der Waals surface area contributed by atoms with Crippen molar-refractivity contribution in [3.8, 4) is 28.7 Å². The van der Waals surface area contributed by atoms with Crippen molar-refractivity contribution in [1.82, 2.24) is 28.9 Å². The van der Waals surface area contributed by atoms with Crippen molar-refractivity contribution < 1.29 is 0 Å². The zero-order valence-corrected chi connectivity index (χ0v) is 21.1. The maximum Gasteiger partial charge on any atom is 0.281 e. The van der Waals surface area contributed by atoms with Gasteiger partial charge in [-0.1, -0.05) is 84.9 Å². The van der Waals surface area contributed by atoms with Crippen LogP contribution in [0.1, 0.15) is 0 Å². The first-order chi connectivity index (χ1) is 19.7. The Morgan fingerprint density at radius 1 is 0.500 bits per heavy atom. The van der Waals surface area contributed by atoms with Crippen LogP contribution in [0.15, 0.2) is 126 Å². The van der Waals surface area contributed by atoms with Crippen LogP contribution in [0.5, 0.6) is 0 Å². The predicted molar refractivity (Wildman–Crippen MR) is 158 cm³/mol. The second-order valence-electron chi connectivity index (χ2n) is 9.60. The van der Waals surface area contributed by atoms with E-state index in [-0.39, 0.29) is 5.56 Å². The summed E-state index contributed by atoms with van der Waals surface area (Å²) in [7, 11) is 0. The SMILES string of the molecule is O=c1nc2ccccn2c2cc3c4ccccc4n(-c4nc(-c5ccccc5)nc(-c5ccccc5)n4)c3cc12. The van der Waals surface area contributed by atoms with E-state index >= 15 is 0 Å². The van der Waals surface area contributed by atoms with Gasteiger partial charge in [-0.3, -0.25) is 9.36 Å². The molecule has 8 rings (SSSR count).